The number of ether oxygens (including phenoxy) is 1. The lowest BCUT2D eigenvalue weighted by molar-refractivity contribution is 0.0934. The Morgan fingerprint density at radius 2 is 1.83 bits per heavy atom. The van der Waals surface area contributed by atoms with E-state index in [0.29, 0.717) is 16.2 Å². The Hall–Kier alpha value is -3.72. The molecule has 0 bridgehead atoms. The number of halogens is 3. The van der Waals surface area contributed by atoms with Gasteiger partial charge in [-0.2, -0.15) is 0 Å². The topological polar surface area (TPSA) is 61.4 Å². The molecule has 5 rings (SSSR count). The average Bonchev–Trinajstić information content (AvgIpc) is 3.55. The van der Waals surface area contributed by atoms with Crippen molar-refractivity contribution in [3.8, 4) is 16.9 Å². The zero-order valence-corrected chi connectivity index (χ0v) is 20.1. The van der Waals surface area contributed by atoms with Crippen LogP contribution in [0.2, 0.25) is 0 Å². The van der Waals surface area contributed by atoms with Crippen LogP contribution >= 0.6 is 11.8 Å². The highest BCUT2D eigenvalue weighted by Gasteiger charge is 2.36. The number of nitrogens with zero attached hydrogens (tertiary/aromatic N) is 1. The van der Waals surface area contributed by atoms with E-state index in [1.807, 2.05) is 0 Å². The third-order valence-electron chi connectivity index (χ3n) is 6.40. The molecule has 4 aromatic rings. The number of ketones is 1. The summed E-state index contributed by atoms with van der Waals surface area (Å²) in [6.45, 7) is 1.62. The molecule has 1 atom stereocenters. The van der Waals surface area contributed by atoms with Crippen molar-refractivity contribution in [2.45, 2.75) is 24.4 Å². The fourth-order valence-corrected chi connectivity index (χ4v) is 5.92. The van der Waals surface area contributed by atoms with E-state index in [9.17, 15) is 18.4 Å². The Kier molecular flexibility index (Phi) is 6.26. The summed E-state index contributed by atoms with van der Waals surface area (Å²) in [5, 5.41) is 0.425. The van der Waals surface area contributed by atoms with Crippen LogP contribution in [0.15, 0.2) is 69.2 Å². The molecule has 184 valence electrons. The maximum Gasteiger partial charge on any atom is 0.260 e. The van der Waals surface area contributed by atoms with Gasteiger partial charge in [-0.1, -0.05) is 18.2 Å². The minimum absolute atomic E-state index is 0.00870. The maximum absolute atomic E-state index is 15.4. The number of aromatic nitrogens is 1. The molecule has 2 aromatic carbocycles. The van der Waals surface area contributed by atoms with Crippen LogP contribution in [0.25, 0.3) is 11.1 Å². The summed E-state index contributed by atoms with van der Waals surface area (Å²) in [6.07, 6.45) is 2.47. The fraction of sp³-hybridized carbons (Fsp3) is 0.185. The monoisotopic (exact) mass is 511 g/mol. The SMILES string of the molecule is COc1cccc(-c2c(C)c(Cc3c(F)cccc3F)c3n(c2=O)C(C(=O)c2ccoc2)CS3)c1F. The van der Waals surface area contributed by atoms with Crippen molar-refractivity contribution >= 4 is 17.5 Å². The molecule has 5 nitrogen and oxygen atoms in total. The molecule has 1 unspecified atom stereocenters. The maximum atomic E-state index is 15.4. The van der Waals surface area contributed by atoms with Gasteiger partial charge in [-0.3, -0.25) is 14.2 Å². The smallest absolute Gasteiger partial charge is 0.260 e. The summed E-state index contributed by atoms with van der Waals surface area (Å²) >= 11 is 1.25. The normalized spacial score (nSPS) is 14.6. The minimum atomic E-state index is -0.896. The molecule has 0 radical (unpaired) electrons. The number of carbonyl (C=O) groups is 1. The molecule has 9 heteroatoms. The second-order valence-corrected chi connectivity index (χ2v) is 9.37. The standard InChI is InChI=1S/C27H20F3NO4S/c1-14-17(11-18-19(28)6-4-7-20(18)29)27-31(21(13-36-27)25(32)15-9-10-35-12-15)26(33)23(14)16-5-3-8-22(34-2)24(16)30/h3-10,12,21H,11,13H2,1-2H3. The molecule has 0 saturated heterocycles. The number of pyridine rings is 1. The second kappa shape index (κ2) is 9.39. The van der Waals surface area contributed by atoms with Crippen LogP contribution < -0.4 is 10.3 Å². The summed E-state index contributed by atoms with van der Waals surface area (Å²) in [5.74, 6) is -2.38. The van der Waals surface area contributed by atoms with Crippen molar-refractivity contribution in [3.63, 3.8) is 0 Å². The van der Waals surface area contributed by atoms with E-state index in [0.717, 1.165) is 12.1 Å². The summed E-state index contributed by atoms with van der Waals surface area (Å²) in [4.78, 5) is 27.1. The van der Waals surface area contributed by atoms with E-state index < -0.39 is 29.1 Å². The first-order valence-corrected chi connectivity index (χ1v) is 12.0. The van der Waals surface area contributed by atoms with Crippen molar-refractivity contribution in [3.05, 3.63) is 105 Å². The molecule has 0 amide bonds. The first-order valence-electron chi connectivity index (χ1n) is 11.1. The Labute approximate surface area is 208 Å². The lowest BCUT2D eigenvalue weighted by Gasteiger charge is -2.20. The van der Waals surface area contributed by atoms with Gasteiger partial charge in [-0.15, -0.1) is 11.8 Å². The van der Waals surface area contributed by atoms with Gasteiger partial charge in [-0.05, 0) is 42.3 Å². The van der Waals surface area contributed by atoms with E-state index in [-0.39, 0.29) is 46.0 Å². The van der Waals surface area contributed by atoms with Crippen LogP contribution in [0.3, 0.4) is 0 Å². The van der Waals surface area contributed by atoms with Crippen LogP contribution in [0.4, 0.5) is 13.2 Å². The van der Waals surface area contributed by atoms with Gasteiger partial charge in [-0.25, -0.2) is 13.2 Å². The molecule has 0 N–H and O–H groups in total. The first-order chi connectivity index (χ1) is 17.3. The number of rotatable bonds is 6. The molecule has 1 aliphatic heterocycles. The Balaban J connectivity index is 1.79. The van der Waals surface area contributed by atoms with E-state index in [1.54, 1.807) is 13.0 Å². The van der Waals surface area contributed by atoms with Gasteiger partial charge in [0.05, 0.1) is 29.5 Å². The second-order valence-electron chi connectivity index (χ2n) is 8.36. The highest BCUT2D eigenvalue weighted by molar-refractivity contribution is 7.99. The zero-order chi connectivity index (χ0) is 25.6. The Morgan fingerprint density at radius 3 is 2.50 bits per heavy atom. The fourth-order valence-electron chi connectivity index (χ4n) is 4.56. The van der Waals surface area contributed by atoms with Crippen molar-refractivity contribution in [1.29, 1.82) is 0 Å². The van der Waals surface area contributed by atoms with Crippen LogP contribution in [0.5, 0.6) is 5.75 Å². The molecular weight excluding hydrogens is 491 g/mol. The van der Waals surface area contributed by atoms with Gasteiger partial charge in [0.1, 0.15) is 23.9 Å². The van der Waals surface area contributed by atoms with Gasteiger partial charge in [0.15, 0.2) is 17.3 Å². The van der Waals surface area contributed by atoms with Crippen LogP contribution in [0.1, 0.15) is 33.1 Å². The number of methoxy groups -OCH3 is 1. The molecule has 36 heavy (non-hydrogen) atoms. The summed E-state index contributed by atoms with van der Waals surface area (Å²) in [6, 6.07) is 8.61. The van der Waals surface area contributed by atoms with Crippen molar-refractivity contribution < 1.29 is 27.1 Å². The van der Waals surface area contributed by atoms with Crippen LogP contribution in [-0.2, 0) is 6.42 Å². The summed E-state index contributed by atoms with van der Waals surface area (Å²) in [5.41, 5.74) is 0.358. The number of hydrogen-bond donors (Lipinski definition) is 0. The van der Waals surface area contributed by atoms with Crippen molar-refractivity contribution in [2.24, 2.45) is 0 Å². The number of benzene rings is 2. The number of Topliss-reactive ketones (excluding diaryl/α,β-unsaturated/α-hetero) is 1. The molecule has 0 saturated carbocycles. The minimum Gasteiger partial charge on any atom is -0.494 e. The molecule has 3 heterocycles. The number of hydrogen-bond acceptors (Lipinski definition) is 5. The quantitative estimate of drug-likeness (QED) is 0.299. The molecule has 0 spiro atoms. The van der Waals surface area contributed by atoms with Crippen molar-refractivity contribution in [2.75, 3.05) is 12.9 Å². The molecular formula is C27H20F3NO4S. The predicted octanol–water partition coefficient (Wildman–Crippen LogP) is 5.96. The highest BCUT2D eigenvalue weighted by atomic mass is 32.2. The first kappa shape index (κ1) is 24.0. The van der Waals surface area contributed by atoms with Gasteiger partial charge in [0, 0.05) is 23.3 Å². The summed E-state index contributed by atoms with van der Waals surface area (Å²) in [7, 11) is 1.31. The lowest BCUT2D eigenvalue weighted by Crippen LogP contribution is -2.31. The zero-order valence-electron chi connectivity index (χ0n) is 19.3. The predicted molar refractivity (Wildman–Crippen MR) is 129 cm³/mol. The summed E-state index contributed by atoms with van der Waals surface area (Å²) < 4.78 is 56.0. The molecule has 0 fully saturated rings. The lowest BCUT2D eigenvalue weighted by atomic mass is 9.93. The number of thioether (sulfide) groups is 1. The van der Waals surface area contributed by atoms with Gasteiger partial charge < -0.3 is 9.15 Å². The van der Waals surface area contributed by atoms with Gasteiger partial charge in [0.25, 0.3) is 5.56 Å². The van der Waals surface area contributed by atoms with E-state index in [1.165, 1.54) is 60.2 Å². The number of furan rings is 1. The average molecular weight is 512 g/mol. The molecule has 0 aliphatic carbocycles. The van der Waals surface area contributed by atoms with Gasteiger partial charge in [0.2, 0.25) is 0 Å². The Morgan fingerprint density at radius 1 is 1.11 bits per heavy atom. The van der Waals surface area contributed by atoms with Gasteiger partial charge >= 0.3 is 0 Å². The largest absolute Gasteiger partial charge is 0.494 e. The third-order valence-corrected chi connectivity index (χ3v) is 7.60. The highest BCUT2D eigenvalue weighted by Crippen LogP contribution is 2.41. The van der Waals surface area contributed by atoms with E-state index in [2.05, 4.69) is 0 Å². The third kappa shape index (κ3) is 3.83. The number of fused-ring (bicyclic) bond motifs is 1. The van der Waals surface area contributed by atoms with Crippen LogP contribution in [0, 0.1) is 24.4 Å². The van der Waals surface area contributed by atoms with Crippen LogP contribution in [-0.4, -0.2) is 23.2 Å². The Bertz CT molecular complexity index is 1530. The van der Waals surface area contributed by atoms with E-state index in [4.69, 9.17) is 9.15 Å². The number of carbonyl (C=O) groups excluding carboxylic acids is 1. The van der Waals surface area contributed by atoms with E-state index >= 15 is 4.39 Å². The molecule has 2 aromatic heterocycles. The van der Waals surface area contributed by atoms with Crippen molar-refractivity contribution in [1.82, 2.24) is 4.57 Å². The molecule has 1 aliphatic rings.